The molecule has 0 bridgehead atoms. The zero-order valence-corrected chi connectivity index (χ0v) is 29.7. The first-order chi connectivity index (χ1) is 23.8. The molecule has 0 saturated heterocycles. The number of allylic oxidation sites excluding steroid dienone is 2. The molecule has 9 heteroatoms. The van der Waals surface area contributed by atoms with Crippen molar-refractivity contribution in [3.8, 4) is 0 Å². The number of aromatic nitrogens is 1. The average Bonchev–Trinajstić information content (AvgIpc) is 3.91. The molecular weight excluding hydrogens is 641 g/mol. The normalized spacial score (nSPS) is 20.3. The first-order valence-corrected chi connectivity index (χ1v) is 17.9. The van der Waals surface area contributed by atoms with Gasteiger partial charge in [0.2, 0.25) is 0 Å². The third-order valence-electron chi connectivity index (χ3n) is 10.1. The van der Waals surface area contributed by atoms with Crippen molar-refractivity contribution in [1.82, 2.24) is 4.98 Å². The number of benzene rings is 1. The number of nitrogens with zero attached hydrogens (tertiary/aromatic N) is 2. The molecule has 5 rings (SSSR count). The molecule has 50 heavy (non-hydrogen) atoms. The minimum Gasteiger partial charge on any atom is -0.468 e. The molecule has 0 amide bonds. The van der Waals surface area contributed by atoms with Crippen LogP contribution in [-0.2, 0) is 37.3 Å². The van der Waals surface area contributed by atoms with E-state index < -0.39 is 22.8 Å². The van der Waals surface area contributed by atoms with Gasteiger partial charge in [0.15, 0.2) is 0 Å². The fourth-order valence-electron chi connectivity index (χ4n) is 7.23. The zero-order chi connectivity index (χ0) is 35.9. The number of esters is 2. The maximum absolute atomic E-state index is 14.1. The van der Waals surface area contributed by atoms with E-state index in [0.717, 1.165) is 67.1 Å². The van der Waals surface area contributed by atoms with Crippen LogP contribution in [0.1, 0.15) is 120 Å². The van der Waals surface area contributed by atoms with Crippen molar-refractivity contribution in [2.24, 2.45) is 10.9 Å². The van der Waals surface area contributed by atoms with Crippen LogP contribution in [0, 0.1) is 5.92 Å². The summed E-state index contributed by atoms with van der Waals surface area (Å²) in [5.74, 6) is 0.530. The Morgan fingerprint density at radius 3 is 2.34 bits per heavy atom. The molecule has 2 aromatic rings. The number of carbonyl (C=O) groups excluding carboxylic acids is 2. The van der Waals surface area contributed by atoms with E-state index >= 15 is 0 Å². The summed E-state index contributed by atoms with van der Waals surface area (Å²) < 4.78 is 52.9. The van der Waals surface area contributed by atoms with Crippen molar-refractivity contribution in [3.05, 3.63) is 94.1 Å². The van der Waals surface area contributed by atoms with Crippen LogP contribution in [0.25, 0.3) is 0 Å². The van der Waals surface area contributed by atoms with Gasteiger partial charge in [-0.1, -0.05) is 30.3 Å². The van der Waals surface area contributed by atoms with Crippen LogP contribution in [0.4, 0.5) is 13.2 Å². The van der Waals surface area contributed by atoms with Crippen LogP contribution >= 0.6 is 0 Å². The molecule has 1 aromatic heterocycles. The molecule has 6 nitrogen and oxygen atoms in total. The highest BCUT2D eigenvalue weighted by atomic mass is 19.4. The van der Waals surface area contributed by atoms with Gasteiger partial charge in [-0.3, -0.25) is 19.6 Å². The van der Waals surface area contributed by atoms with Gasteiger partial charge in [0, 0.05) is 47.8 Å². The Morgan fingerprint density at radius 2 is 1.70 bits per heavy atom. The summed E-state index contributed by atoms with van der Waals surface area (Å²) in [5.41, 5.74) is 5.48. The fraction of sp³-hybridized carbons (Fsp3) is 0.537. The van der Waals surface area contributed by atoms with Gasteiger partial charge in [-0.25, -0.2) is 0 Å². The number of hydrogen-bond donors (Lipinski definition) is 0. The molecule has 2 aliphatic carbocycles. The molecule has 0 unspecified atom stereocenters. The molecule has 1 aliphatic heterocycles. The number of aryl methyl sites for hydroxylation is 2. The lowest BCUT2D eigenvalue weighted by molar-refractivity contribution is -0.155. The van der Waals surface area contributed by atoms with Crippen molar-refractivity contribution in [2.75, 3.05) is 7.11 Å². The minimum atomic E-state index is -4.56. The average molecular weight is 691 g/mol. The van der Waals surface area contributed by atoms with Crippen LogP contribution < -0.4 is 0 Å². The second-order valence-electron chi connectivity index (χ2n) is 14.9. The molecule has 268 valence electrons. The Labute approximate surface area is 294 Å². The van der Waals surface area contributed by atoms with Crippen LogP contribution in [0.2, 0.25) is 0 Å². The van der Waals surface area contributed by atoms with Crippen molar-refractivity contribution in [2.45, 2.75) is 127 Å². The van der Waals surface area contributed by atoms with Gasteiger partial charge in [0.1, 0.15) is 5.60 Å². The highest BCUT2D eigenvalue weighted by Gasteiger charge is 2.53. The van der Waals surface area contributed by atoms with Gasteiger partial charge in [0.05, 0.1) is 18.1 Å². The minimum absolute atomic E-state index is 0.0610. The van der Waals surface area contributed by atoms with Crippen molar-refractivity contribution in [1.29, 1.82) is 0 Å². The van der Waals surface area contributed by atoms with E-state index in [1.54, 1.807) is 6.08 Å². The Kier molecular flexibility index (Phi) is 11.9. The second kappa shape index (κ2) is 15.9. The first-order valence-electron chi connectivity index (χ1n) is 17.9. The summed E-state index contributed by atoms with van der Waals surface area (Å²) in [6.07, 6.45) is 9.25. The Bertz CT molecular complexity index is 1650. The van der Waals surface area contributed by atoms with Crippen molar-refractivity contribution < 1.29 is 32.2 Å². The number of aliphatic imine (C=N–C) groups is 1. The lowest BCUT2D eigenvalue weighted by Gasteiger charge is -2.28. The Hall–Kier alpha value is -3.97. The number of methoxy groups -OCH3 is 1. The van der Waals surface area contributed by atoms with Gasteiger partial charge < -0.3 is 9.47 Å². The number of halogens is 3. The van der Waals surface area contributed by atoms with E-state index in [2.05, 4.69) is 22.9 Å². The number of carbonyl (C=O) groups is 2. The van der Waals surface area contributed by atoms with Crippen LogP contribution in [0.5, 0.6) is 0 Å². The second-order valence-corrected chi connectivity index (χ2v) is 14.9. The largest absolute Gasteiger partial charge is 0.468 e. The molecule has 0 radical (unpaired) electrons. The van der Waals surface area contributed by atoms with Crippen LogP contribution in [-0.4, -0.2) is 41.5 Å². The molecule has 2 saturated carbocycles. The van der Waals surface area contributed by atoms with Crippen LogP contribution in [0.3, 0.4) is 0 Å². The standard InChI is InChI=1S/C41H49F3N2O4/c1-39(2,3)50-37(47)23-15-28-12-16-32(17-13-28)36-22-14-29(26-46-36)8-7-10-33-21-20-31(35(27-45-33)41(42,43)44)19-18-30-9-5-6-11-34(30)40(24-25-40)38(48)49-4/h5-6,9,11,14,21-22,26-28,32H,7-8,10,12-13,15-19,23-25H2,1-4H3. The summed E-state index contributed by atoms with van der Waals surface area (Å²) in [4.78, 5) is 33.6. The van der Waals surface area contributed by atoms with Gasteiger partial charge in [-0.15, -0.1) is 5.73 Å². The quantitative estimate of drug-likeness (QED) is 0.155. The topological polar surface area (TPSA) is 77.9 Å². The molecule has 2 heterocycles. The summed E-state index contributed by atoms with van der Waals surface area (Å²) in [6, 6.07) is 11.7. The van der Waals surface area contributed by atoms with Gasteiger partial charge >= 0.3 is 18.1 Å². The molecule has 3 aliphatic rings. The molecule has 0 N–H and O–H groups in total. The molecule has 1 aromatic carbocycles. The lowest BCUT2D eigenvalue weighted by atomic mass is 9.78. The SMILES string of the molecule is COC(=O)C1(c2ccccc2CCC2=C=CC(CCCc3ccc(C4CCC(CCC(=O)OC(C)(C)C)CC4)nc3)=NC=C2C(F)(F)F)CC1. The van der Waals surface area contributed by atoms with Gasteiger partial charge in [-0.2, -0.15) is 13.2 Å². The van der Waals surface area contributed by atoms with E-state index in [4.69, 9.17) is 14.5 Å². The number of hydrogen-bond acceptors (Lipinski definition) is 6. The number of rotatable bonds is 13. The first kappa shape index (κ1) is 37.3. The Morgan fingerprint density at radius 1 is 0.960 bits per heavy atom. The summed E-state index contributed by atoms with van der Waals surface area (Å²) >= 11 is 0. The zero-order valence-electron chi connectivity index (χ0n) is 29.7. The van der Waals surface area contributed by atoms with Gasteiger partial charge in [0.25, 0.3) is 0 Å². The number of pyridine rings is 1. The van der Waals surface area contributed by atoms with E-state index in [0.29, 0.717) is 56.1 Å². The number of ether oxygens (including phenoxy) is 2. The Balaban J connectivity index is 1.13. The lowest BCUT2D eigenvalue weighted by Crippen LogP contribution is -2.24. The molecular formula is C41H49F3N2O4. The highest BCUT2D eigenvalue weighted by molar-refractivity contribution is 5.95. The molecule has 2 fully saturated rings. The van der Waals surface area contributed by atoms with Crippen LogP contribution in [0.15, 0.2) is 76.7 Å². The smallest absolute Gasteiger partial charge is 0.418 e. The van der Waals surface area contributed by atoms with Crippen molar-refractivity contribution in [3.63, 3.8) is 0 Å². The highest BCUT2D eigenvalue weighted by Crippen LogP contribution is 2.50. The van der Waals surface area contributed by atoms with Crippen molar-refractivity contribution >= 4 is 17.7 Å². The molecule has 0 spiro atoms. The maximum atomic E-state index is 14.1. The third kappa shape index (κ3) is 9.84. The summed E-state index contributed by atoms with van der Waals surface area (Å²) in [5, 5.41) is 0. The summed E-state index contributed by atoms with van der Waals surface area (Å²) in [6.45, 7) is 5.67. The van der Waals surface area contributed by atoms with E-state index in [-0.39, 0.29) is 23.9 Å². The predicted molar refractivity (Wildman–Crippen MR) is 188 cm³/mol. The monoisotopic (exact) mass is 690 g/mol. The summed E-state index contributed by atoms with van der Waals surface area (Å²) in [7, 11) is 1.36. The van der Waals surface area contributed by atoms with Gasteiger partial charge in [-0.05, 0) is 126 Å². The fourth-order valence-corrected chi connectivity index (χ4v) is 7.23. The number of alkyl halides is 3. The third-order valence-corrected chi connectivity index (χ3v) is 10.1. The van der Waals surface area contributed by atoms with E-state index in [1.807, 2.05) is 51.2 Å². The molecule has 0 atom stereocenters. The van der Waals surface area contributed by atoms with E-state index in [1.165, 1.54) is 7.11 Å². The predicted octanol–water partition coefficient (Wildman–Crippen LogP) is 9.62. The maximum Gasteiger partial charge on any atom is 0.418 e. The van der Waals surface area contributed by atoms with E-state index in [9.17, 15) is 22.8 Å².